The van der Waals surface area contributed by atoms with Crippen molar-refractivity contribution in [1.82, 2.24) is 0 Å². The standard InChI is InChI=1S/C36H35ClO6S2/c1-23-11-17-29(18-12-23)44(39,40)35-22-32-33(20-30(35)25-7-6-8-26(37)19-25)36(45(41,42)28-9-4-3-5-10-28)31(21-34(32)38)24-13-15-27(43-2)16-14-24/h3-19,30-33,35-36H,20-22H2,1-2H3/t30?,31?,32-,33+,35?,36?/m1/s1. The molecule has 4 unspecified atom stereocenters. The number of methoxy groups -OCH3 is 1. The third-order valence-corrected chi connectivity index (χ3v) is 14.4. The maximum absolute atomic E-state index is 14.6. The molecule has 0 heterocycles. The Labute approximate surface area is 270 Å². The fourth-order valence-electron chi connectivity index (χ4n) is 7.42. The Kier molecular flexibility index (Phi) is 8.67. The summed E-state index contributed by atoms with van der Waals surface area (Å²) in [6, 6.07) is 29.4. The smallest absolute Gasteiger partial charge is 0.182 e. The van der Waals surface area contributed by atoms with E-state index in [0.717, 1.165) is 16.7 Å². The van der Waals surface area contributed by atoms with Crippen molar-refractivity contribution in [2.45, 2.75) is 58.3 Å². The van der Waals surface area contributed by atoms with Crippen LogP contribution < -0.4 is 4.74 Å². The number of hydrogen-bond donors (Lipinski definition) is 0. The van der Waals surface area contributed by atoms with Crippen molar-refractivity contribution in [2.24, 2.45) is 11.8 Å². The van der Waals surface area contributed by atoms with Crippen LogP contribution in [0.3, 0.4) is 0 Å². The monoisotopic (exact) mass is 662 g/mol. The fraction of sp³-hybridized carbons (Fsp3) is 0.306. The van der Waals surface area contributed by atoms with Crippen molar-refractivity contribution < 1.29 is 26.4 Å². The molecular formula is C36H35ClO6S2. The molecule has 6 atom stereocenters. The maximum atomic E-state index is 14.6. The fourth-order valence-corrected chi connectivity index (χ4v) is 11.9. The molecule has 4 aromatic rings. The van der Waals surface area contributed by atoms with Crippen molar-refractivity contribution >= 4 is 37.1 Å². The first-order valence-corrected chi connectivity index (χ1v) is 18.5. The molecule has 0 radical (unpaired) electrons. The van der Waals surface area contributed by atoms with Crippen LogP contribution in [0.15, 0.2) is 113 Å². The Morgan fingerprint density at radius 3 is 2.00 bits per heavy atom. The van der Waals surface area contributed by atoms with Gasteiger partial charge in [0.25, 0.3) is 0 Å². The molecule has 0 bridgehead atoms. The zero-order valence-electron chi connectivity index (χ0n) is 25.0. The number of ketones is 1. The summed E-state index contributed by atoms with van der Waals surface area (Å²) in [4.78, 5) is 14.4. The average molecular weight is 663 g/mol. The molecule has 9 heteroatoms. The molecule has 6 nitrogen and oxygen atoms in total. The maximum Gasteiger partial charge on any atom is 0.182 e. The quantitative estimate of drug-likeness (QED) is 0.208. The van der Waals surface area contributed by atoms with Gasteiger partial charge < -0.3 is 4.74 Å². The van der Waals surface area contributed by atoms with Crippen LogP contribution in [0.5, 0.6) is 5.75 Å². The predicted molar refractivity (Wildman–Crippen MR) is 175 cm³/mol. The molecule has 2 aliphatic rings. The zero-order chi connectivity index (χ0) is 31.9. The Balaban J connectivity index is 1.50. The van der Waals surface area contributed by atoms with Gasteiger partial charge in [-0.25, -0.2) is 16.8 Å². The minimum Gasteiger partial charge on any atom is -0.497 e. The van der Waals surface area contributed by atoms with Crippen LogP contribution in [0, 0.1) is 18.8 Å². The molecule has 0 N–H and O–H groups in total. The largest absolute Gasteiger partial charge is 0.497 e. The number of carbonyl (C=O) groups is 1. The molecule has 6 rings (SSSR count). The van der Waals surface area contributed by atoms with Crippen molar-refractivity contribution in [3.63, 3.8) is 0 Å². The van der Waals surface area contributed by atoms with Crippen LogP contribution in [-0.2, 0) is 24.5 Å². The van der Waals surface area contributed by atoms with E-state index in [1.165, 1.54) is 0 Å². The minimum atomic E-state index is -3.95. The van der Waals surface area contributed by atoms with E-state index in [1.807, 2.05) is 25.1 Å². The van der Waals surface area contributed by atoms with E-state index in [4.69, 9.17) is 16.3 Å². The molecule has 2 saturated carbocycles. The molecule has 234 valence electrons. The number of halogens is 1. The second-order valence-corrected chi connectivity index (χ2v) is 16.9. The lowest BCUT2D eigenvalue weighted by Crippen LogP contribution is -2.53. The topological polar surface area (TPSA) is 94.6 Å². The van der Waals surface area contributed by atoms with Crippen LogP contribution in [-0.4, -0.2) is 40.2 Å². The van der Waals surface area contributed by atoms with Crippen LogP contribution >= 0.6 is 11.6 Å². The van der Waals surface area contributed by atoms with Crippen molar-refractivity contribution in [3.05, 3.63) is 125 Å². The van der Waals surface area contributed by atoms with Gasteiger partial charge in [0.2, 0.25) is 0 Å². The van der Waals surface area contributed by atoms with Gasteiger partial charge in [0.1, 0.15) is 11.5 Å². The lowest BCUT2D eigenvalue weighted by Gasteiger charge is -2.48. The summed E-state index contributed by atoms with van der Waals surface area (Å²) in [6.45, 7) is 1.89. The van der Waals surface area contributed by atoms with Gasteiger partial charge in [0, 0.05) is 29.2 Å². The molecule has 4 aromatic carbocycles. The summed E-state index contributed by atoms with van der Waals surface area (Å²) < 4.78 is 63.2. The molecule has 0 spiro atoms. The van der Waals surface area contributed by atoms with Gasteiger partial charge >= 0.3 is 0 Å². The highest BCUT2D eigenvalue weighted by Gasteiger charge is 2.56. The third-order valence-electron chi connectivity index (χ3n) is 9.63. The summed E-state index contributed by atoms with van der Waals surface area (Å²) in [5.41, 5.74) is 2.39. The Morgan fingerprint density at radius 1 is 0.689 bits per heavy atom. The van der Waals surface area contributed by atoms with Gasteiger partial charge in [-0.05, 0) is 85.3 Å². The molecular weight excluding hydrogens is 628 g/mol. The predicted octanol–water partition coefficient (Wildman–Crippen LogP) is 7.21. The van der Waals surface area contributed by atoms with E-state index in [1.54, 1.807) is 92.0 Å². The molecule has 0 saturated heterocycles. The van der Waals surface area contributed by atoms with E-state index < -0.39 is 53.8 Å². The van der Waals surface area contributed by atoms with Gasteiger partial charge in [0.15, 0.2) is 19.7 Å². The Morgan fingerprint density at radius 2 is 1.36 bits per heavy atom. The van der Waals surface area contributed by atoms with Crippen molar-refractivity contribution in [1.29, 1.82) is 0 Å². The minimum absolute atomic E-state index is 0.00333. The summed E-state index contributed by atoms with van der Waals surface area (Å²) in [5, 5.41) is -1.41. The SMILES string of the molecule is COc1ccc(C2CC(=O)[C@@H]3CC(S(=O)(=O)c4ccc(C)cc4)C(c4cccc(Cl)c4)C[C@@H]3C2S(=O)(=O)c2ccccc2)cc1. The first kappa shape index (κ1) is 31.5. The van der Waals surface area contributed by atoms with Gasteiger partial charge in [-0.1, -0.05) is 71.8 Å². The number of ether oxygens (including phenoxy) is 1. The van der Waals surface area contributed by atoms with Gasteiger partial charge in [0.05, 0.1) is 27.4 Å². The van der Waals surface area contributed by atoms with Gasteiger partial charge in [-0.3, -0.25) is 4.79 Å². The highest BCUT2D eigenvalue weighted by atomic mass is 35.5. The number of fused-ring (bicyclic) bond motifs is 1. The zero-order valence-corrected chi connectivity index (χ0v) is 27.4. The van der Waals surface area contributed by atoms with Crippen LogP contribution in [0.25, 0.3) is 0 Å². The number of aryl methyl sites for hydroxylation is 1. The summed E-state index contributed by atoms with van der Waals surface area (Å²) >= 11 is 6.42. The molecule has 0 aliphatic heterocycles. The van der Waals surface area contributed by atoms with E-state index in [9.17, 15) is 21.6 Å². The molecule has 2 aliphatic carbocycles. The number of hydrogen-bond acceptors (Lipinski definition) is 6. The van der Waals surface area contributed by atoms with Crippen LogP contribution in [0.4, 0.5) is 0 Å². The summed E-state index contributed by atoms with van der Waals surface area (Å²) in [5.74, 6) is -2.01. The number of carbonyl (C=O) groups excluding carboxylic acids is 1. The highest BCUT2D eigenvalue weighted by molar-refractivity contribution is 7.92. The molecule has 2 fully saturated rings. The lowest BCUT2D eigenvalue weighted by molar-refractivity contribution is -0.128. The van der Waals surface area contributed by atoms with E-state index >= 15 is 0 Å². The number of Topliss-reactive ketones (excluding diaryl/α,β-unsaturated/α-hetero) is 1. The highest BCUT2D eigenvalue weighted by Crippen LogP contribution is 2.54. The second-order valence-electron chi connectivity index (χ2n) is 12.2. The van der Waals surface area contributed by atoms with E-state index in [-0.39, 0.29) is 34.8 Å². The first-order valence-electron chi connectivity index (χ1n) is 15.0. The summed E-state index contributed by atoms with van der Waals surface area (Å²) in [7, 11) is -6.29. The van der Waals surface area contributed by atoms with Gasteiger partial charge in [-0.2, -0.15) is 0 Å². The average Bonchev–Trinajstić information content (AvgIpc) is 3.04. The Bertz CT molecular complexity index is 1910. The number of rotatable bonds is 7. The second kappa shape index (κ2) is 12.4. The lowest BCUT2D eigenvalue weighted by atomic mass is 9.61. The van der Waals surface area contributed by atoms with E-state index in [0.29, 0.717) is 10.8 Å². The van der Waals surface area contributed by atoms with Crippen molar-refractivity contribution in [2.75, 3.05) is 7.11 Å². The molecule has 0 amide bonds. The number of sulfone groups is 2. The van der Waals surface area contributed by atoms with Crippen molar-refractivity contribution in [3.8, 4) is 5.75 Å². The Hall–Kier alpha value is -3.46. The normalized spacial score (nSPS) is 25.4. The number of benzene rings is 4. The van der Waals surface area contributed by atoms with Crippen LogP contribution in [0.1, 0.15) is 47.8 Å². The van der Waals surface area contributed by atoms with Gasteiger partial charge in [-0.15, -0.1) is 0 Å². The molecule has 45 heavy (non-hydrogen) atoms. The third kappa shape index (κ3) is 5.96. The first-order chi connectivity index (χ1) is 21.5. The molecule has 0 aromatic heterocycles. The summed E-state index contributed by atoms with van der Waals surface area (Å²) in [6.07, 6.45) is 0.242. The van der Waals surface area contributed by atoms with E-state index in [2.05, 4.69) is 0 Å². The van der Waals surface area contributed by atoms with Crippen LogP contribution in [0.2, 0.25) is 5.02 Å².